The molecule has 0 heterocycles. The quantitative estimate of drug-likeness (QED) is 0.424. The summed E-state index contributed by atoms with van der Waals surface area (Å²) in [5.74, 6) is 0.583. The van der Waals surface area contributed by atoms with E-state index in [1.165, 1.54) is 4.31 Å². The Kier molecular flexibility index (Phi) is 6.54. The molecular weight excluding hydrogens is 438 g/mol. The molecule has 0 amide bonds. The predicted molar refractivity (Wildman–Crippen MR) is 116 cm³/mol. The fraction of sp³-hybridized carbons (Fsp3) is 0.0909. The van der Waals surface area contributed by atoms with Crippen LogP contribution >= 0.6 is 15.9 Å². The van der Waals surface area contributed by atoms with Crippen LogP contribution in [0.4, 0.5) is 5.69 Å². The summed E-state index contributed by atoms with van der Waals surface area (Å²) >= 11 is 3.47. The van der Waals surface area contributed by atoms with E-state index in [1.54, 1.807) is 54.6 Å². The molecule has 0 unspecified atom stereocenters. The van der Waals surface area contributed by atoms with Crippen LogP contribution in [0.3, 0.4) is 0 Å². The first-order chi connectivity index (χ1) is 13.5. The highest BCUT2D eigenvalue weighted by Crippen LogP contribution is 2.34. The number of nitrogens with zero attached hydrogens (tertiary/aromatic N) is 1. The lowest BCUT2D eigenvalue weighted by atomic mass is 10.2. The van der Waals surface area contributed by atoms with Gasteiger partial charge in [0.05, 0.1) is 17.1 Å². The molecule has 0 aliphatic heterocycles. The average molecular weight is 458 g/mol. The summed E-state index contributed by atoms with van der Waals surface area (Å²) in [5.41, 5.74) is 1.53. The topological polar surface area (TPSA) is 46.6 Å². The van der Waals surface area contributed by atoms with Gasteiger partial charge in [-0.1, -0.05) is 54.6 Å². The van der Waals surface area contributed by atoms with Gasteiger partial charge in [0.2, 0.25) is 0 Å². The van der Waals surface area contributed by atoms with Crippen LogP contribution < -0.4 is 9.04 Å². The van der Waals surface area contributed by atoms with Crippen molar-refractivity contribution in [3.63, 3.8) is 0 Å². The summed E-state index contributed by atoms with van der Waals surface area (Å²) < 4.78 is 34.2. The summed E-state index contributed by atoms with van der Waals surface area (Å²) in [6.45, 7) is 4.24. The molecule has 28 heavy (non-hydrogen) atoms. The van der Waals surface area contributed by atoms with E-state index < -0.39 is 10.0 Å². The van der Waals surface area contributed by atoms with Crippen LogP contribution in [0.1, 0.15) is 5.56 Å². The first-order valence-corrected chi connectivity index (χ1v) is 10.9. The molecule has 0 radical (unpaired) electrons. The van der Waals surface area contributed by atoms with Gasteiger partial charge >= 0.3 is 0 Å². The Morgan fingerprint density at radius 1 is 0.964 bits per heavy atom. The van der Waals surface area contributed by atoms with E-state index in [9.17, 15) is 8.42 Å². The van der Waals surface area contributed by atoms with Gasteiger partial charge in [0, 0.05) is 10.5 Å². The zero-order valence-electron chi connectivity index (χ0n) is 15.2. The highest BCUT2D eigenvalue weighted by atomic mass is 79.9. The third kappa shape index (κ3) is 4.64. The van der Waals surface area contributed by atoms with Crippen molar-refractivity contribution in [1.29, 1.82) is 0 Å². The highest BCUT2D eigenvalue weighted by molar-refractivity contribution is 9.10. The number of ether oxygens (including phenoxy) is 1. The van der Waals surface area contributed by atoms with E-state index in [0.717, 1.165) is 5.56 Å². The zero-order chi connectivity index (χ0) is 20.0. The van der Waals surface area contributed by atoms with Crippen LogP contribution in [0.5, 0.6) is 5.75 Å². The van der Waals surface area contributed by atoms with Crippen molar-refractivity contribution in [2.45, 2.75) is 11.5 Å². The second-order valence-corrected chi connectivity index (χ2v) is 8.74. The molecular formula is C22H20BrNO3S. The number of halogens is 1. The van der Waals surface area contributed by atoms with Gasteiger partial charge in [-0.2, -0.15) is 0 Å². The minimum atomic E-state index is -3.75. The maximum Gasteiger partial charge on any atom is 0.264 e. The molecule has 0 atom stereocenters. The Labute approximate surface area is 174 Å². The molecule has 3 aromatic rings. The molecule has 0 saturated carbocycles. The first kappa shape index (κ1) is 20.2. The summed E-state index contributed by atoms with van der Waals surface area (Å²) in [4.78, 5) is 0.222. The van der Waals surface area contributed by atoms with E-state index in [-0.39, 0.29) is 11.4 Å². The minimum absolute atomic E-state index is 0.137. The molecule has 0 spiro atoms. The highest BCUT2D eigenvalue weighted by Gasteiger charge is 2.25. The van der Waals surface area contributed by atoms with E-state index in [0.29, 0.717) is 22.5 Å². The standard InChI is InChI=1S/C22H20BrNO3S/c1-2-15-24(28(25,26)20-11-7-4-8-12-20)22-16-19(13-14-21(22)23)27-17-18-9-5-3-6-10-18/h2-14,16H,1,15,17H2. The Morgan fingerprint density at radius 2 is 1.61 bits per heavy atom. The van der Waals surface area contributed by atoms with Gasteiger partial charge in [-0.25, -0.2) is 8.42 Å². The van der Waals surface area contributed by atoms with Crippen molar-refractivity contribution in [3.8, 4) is 5.75 Å². The molecule has 3 rings (SSSR count). The van der Waals surface area contributed by atoms with E-state index in [1.807, 2.05) is 30.3 Å². The lowest BCUT2D eigenvalue weighted by molar-refractivity contribution is 0.306. The molecule has 0 aliphatic carbocycles. The summed E-state index contributed by atoms with van der Waals surface area (Å²) in [6, 6.07) is 23.4. The largest absolute Gasteiger partial charge is 0.489 e. The second-order valence-electron chi connectivity index (χ2n) is 6.03. The van der Waals surface area contributed by atoms with Gasteiger partial charge in [0.25, 0.3) is 10.0 Å². The second kappa shape index (κ2) is 9.08. The van der Waals surface area contributed by atoms with Crippen LogP contribution in [0.2, 0.25) is 0 Å². The molecule has 144 valence electrons. The summed E-state index contributed by atoms with van der Waals surface area (Å²) in [6.07, 6.45) is 1.56. The SMILES string of the molecule is C=CCN(c1cc(OCc2ccccc2)ccc1Br)S(=O)(=O)c1ccccc1. The van der Waals surface area contributed by atoms with Gasteiger partial charge in [-0.05, 0) is 45.8 Å². The Bertz CT molecular complexity index is 1040. The van der Waals surface area contributed by atoms with Crippen LogP contribution in [0.15, 0.2) is 101 Å². The fourth-order valence-corrected chi connectivity index (χ4v) is 4.72. The van der Waals surface area contributed by atoms with Crippen LogP contribution in [0.25, 0.3) is 0 Å². The summed E-state index contributed by atoms with van der Waals surface area (Å²) in [5, 5.41) is 0. The maximum absolute atomic E-state index is 13.2. The van der Waals surface area contributed by atoms with E-state index in [4.69, 9.17) is 4.74 Å². The maximum atomic E-state index is 13.2. The molecule has 0 saturated heterocycles. The molecule has 6 heteroatoms. The molecule has 0 N–H and O–H groups in total. The van der Waals surface area contributed by atoms with Crippen molar-refractivity contribution in [2.24, 2.45) is 0 Å². The molecule has 0 fully saturated rings. The van der Waals surface area contributed by atoms with Gasteiger partial charge in [-0.3, -0.25) is 4.31 Å². The van der Waals surface area contributed by atoms with Crippen molar-refractivity contribution >= 4 is 31.6 Å². The Balaban J connectivity index is 1.93. The normalized spacial score (nSPS) is 11.0. The molecule has 3 aromatic carbocycles. The van der Waals surface area contributed by atoms with Gasteiger partial charge in [0.1, 0.15) is 12.4 Å². The van der Waals surface area contributed by atoms with E-state index in [2.05, 4.69) is 22.5 Å². The third-order valence-electron chi connectivity index (χ3n) is 4.06. The Morgan fingerprint density at radius 3 is 2.25 bits per heavy atom. The van der Waals surface area contributed by atoms with E-state index >= 15 is 0 Å². The lowest BCUT2D eigenvalue weighted by Crippen LogP contribution is -2.31. The molecule has 0 aliphatic rings. The van der Waals surface area contributed by atoms with Gasteiger partial charge in [-0.15, -0.1) is 6.58 Å². The number of anilines is 1. The molecule has 4 nitrogen and oxygen atoms in total. The minimum Gasteiger partial charge on any atom is -0.489 e. The van der Waals surface area contributed by atoms with Crippen LogP contribution in [-0.4, -0.2) is 15.0 Å². The Hall–Kier alpha value is -2.57. The zero-order valence-corrected chi connectivity index (χ0v) is 17.6. The number of rotatable bonds is 8. The predicted octanol–water partition coefficient (Wildman–Crippen LogP) is 5.41. The van der Waals surface area contributed by atoms with Gasteiger partial charge < -0.3 is 4.74 Å². The van der Waals surface area contributed by atoms with Crippen molar-refractivity contribution < 1.29 is 13.2 Å². The van der Waals surface area contributed by atoms with Crippen LogP contribution in [-0.2, 0) is 16.6 Å². The lowest BCUT2D eigenvalue weighted by Gasteiger charge is -2.25. The average Bonchev–Trinajstić information content (AvgIpc) is 2.73. The number of hydrogen-bond donors (Lipinski definition) is 0. The first-order valence-electron chi connectivity index (χ1n) is 8.67. The molecule has 0 aromatic heterocycles. The monoisotopic (exact) mass is 457 g/mol. The smallest absolute Gasteiger partial charge is 0.264 e. The third-order valence-corrected chi connectivity index (χ3v) is 6.53. The fourth-order valence-electron chi connectivity index (χ4n) is 2.68. The molecule has 0 bridgehead atoms. The van der Waals surface area contributed by atoms with Crippen LogP contribution in [0, 0.1) is 0 Å². The van der Waals surface area contributed by atoms with Crippen molar-refractivity contribution in [2.75, 3.05) is 10.8 Å². The number of hydrogen-bond acceptors (Lipinski definition) is 3. The number of benzene rings is 3. The number of sulfonamides is 1. The van der Waals surface area contributed by atoms with Crippen molar-refractivity contribution in [3.05, 3.63) is 102 Å². The van der Waals surface area contributed by atoms with Gasteiger partial charge in [0.15, 0.2) is 0 Å². The summed E-state index contributed by atoms with van der Waals surface area (Å²) in [7, 11) is -3.75. The van der Waals surface area contributed by atoms with Crippen molar-refractivity contribution in [1.82, 2.24) is 0 Å².